The van der Waals surface area contributed by atoms with Gasteiger partial charge >= 0.3 is 5.97 Å². The molecule has 1 amide bonds. The van der Waals surface area contributed by atoms with E-state index in [0.717, 1.165) is 83.5 Å². The van der Waals surface area contributed by atoms with Gasteiger partial charge < -0.3 is 20.3 Å². The molecule has 350 valence electrons. The number of aliphatic hydroxyl groups is 2. The van der Waals surface area contributed by atoms with Gasteiger partial charge in [0.05, 0.1) is 25.2 Å². The van der Waals surface area contributed by atoms with Crippen molar-refractivity contribution in [3.05, 3.63) is 48.6 Å². The van der Waals surface area contributed by atoms with Crippen molar-refractivity contribution in [2.45, 2.75) is 277 Å². The van der Waals surface area contributed by atoms with Gasteiger partial charge in [-0.05, 0) is 83.5 Å². The van der Waals surface area contributed by atoms with Gasteiger partial charge in [-0.1, -0.05) is 211 Å². The molecule has 0 saturated heterocycles. The zero-order chi connectivity index (χ0) is 43.8. The third-order valence-corrected chi connectivity index (χ3v) is 11.6. The van der Waals surface area contributed by atoms with Crippen molar-refractivity contribution in [1.82, 2.24) is 5.32 Å². The number of nitrogens with one attached hydrogen (secondary N) is 1. The number of rotatable bonds is 46. The fourth-order valence-corrected chi connectivity index (χ4v) is 7.73. The second-order valence-corrected chi connectivity index (χ2v) is 17.5. The molecule has 0 aromatic heterocycles. The smallest absolute Gasteiger partial charge is 0.306 e. The lowest BCUT2D eigenvalue weighted by Crippen LogP contribution is -2.46. The second-order valence-electron chi connectivity index (χ2n) is 17.5. The van der Waals surface area contributed by atoms with Crippen LogP contribution >= 0.6 is 0 Å². The van der Waals surface area contributed by atoms with Crippen LogP contribution in [0.3, 0.4) is 0 Å². The molecule has 0 fully saturated rings. The zero-order valence-corrected chi connectivity index (χ0v) is 39.8. The monoisotopic (exact) mass is 842 g/mol. The Hall–Kier alpha value is -2.18. The largest absolute Gasteiger partial charge is 0.462 e. The number of carbonyl (C=O) groups excluding carboxylic acids is 2. The Morgan fingerprint density at radius 1 is 0.500 bits per heavy atom. The Balaban J connectivity index is 4.51. The summed E-state index contributed by atoms with van der Waals surface area (Å²) in [7, 11) is 0. The van der Waals surface area contributed by atoms with Crippen molar-refractivity contribution >= 4 is 11.9 Å². The first kappa shape index (κ1) is 57.8. The summed E-state index contributed by atoms with van der Waals surface area (Å²) in [6.07, 6.45) is 57.5. The number of allylic oxidation sites excluding steroid dienone is 8. The predicted octanol–water partition coefficient (Wildman–Crippen LogP) is 15.5. The zero-order valence-electron chi connectivity index (χ0n) is 39.8. The minimum absolute atomic E-state index is 0.0668. The summed E-state index contributed by atoms with van der Waals surface area (Å²) in [5, 5.41) is 23.7. The van der Waals surface area contributed by atoms with Crippen molar-refractivity contribution in [3.63, 3.8) is 0 Å². The van der Waals surface area contributed by atoms with Crippen molar-refractivity contribution in [2.24, 2.45) is 0 Å². The fourth-order valence-electron chi connectivity index (χ4n) is 7.73. The highest BCUT2D eigenvalue weighted by Crippen LogP contribution is 2.18. The van der Waals surface area contributed by atoms with Crippen LogP contribution in [0.2, 0.25) is 0 Å². The topological polar surface area (TPSA) is 95.9 Å². The van der Waals surface area contributed by atoms with Gasteiger partial charge in [0.2, 0.25) is 5.91 Å². The van der Waals surface area contributed by atoms with E-state index in [4.69, 9.17) is 4.74 Å². The minimum atomic E-state index is -0.790. The van der Waals surface area contributed by atoms with Crippen LogP contribution in [0.1, 0.15) is 258 Å². The Bertz CT molecular complexity index is 1040. The summed E-state index contributed by atoms with van der Waals surface area (Å²) >= 11 is 0. The van der Waals surface area contributed by atoms with E-state index in [0.29, 0.717) is 19.3 Å². The summed E-state index contributed by atoms with van der Waals surface area (Å²) in [6.45, 7) is 6.34. The van der Waals surface area contributed by atoms with Crippen LogP contribution in [0.15, 0.2) is 48.6 Å². The van der Waals surface area contributed by atoms with Crippen LogP contribution in [0, 0.1) is 0 Å². The molecule has 0 spiro atoms. The molecule has 0 bridgehead atoms. The van der Waals surface area contributed by atoms with Gasteiger partial charge in [-0.2, -0.15) is 0 Å². The van der Waals surface area contributed by atoms with Crippen LogP contribution in [0.4, 0.5) is 0 Å². The third-order valence-electron chi connectivity index (χ3n) is 11.6. The molecule has 0 radical (unpaired) electrons. The number of hydrogen-bond acceptors (Lipinski definition) is 5. The van der Waals surface area contributed by atoms with Gasteiger partial charge in [0, 0.05) is 6.42 Å². The summed E-state index contributed by atoms with van der Waals surface area (Å²) in [6, 6.07) is -0.705. The quantitative estimate of drug-likeness (QED) is 0.0322. The van der Waals surface area contributed by atoms with Gasteiger partial charge in [-0.15, -0.1) is 0 Å². The molecule has 0 saturated carbocycles. The molecular formula is C54H99NO5. The van der Waals surface area contributed by atoms with E-state index in [9.17, 15) is 19.8 Å². The van der Waals surface area contributed by atoms with E-state index in [2.05, 4.69) is 74.7 Å². The maximum absolute atomic E-state index is 13.2. The van der Waals surface area contributed by atoms with E-state index in [1.807, 2.05) is 0 Å². The number of esters is 1. The summed E-state index contributed by atoms with van der Waals surface area (Å²) in [5.41, 5.74) is 0. The molecule has 0 heterocycles. The first-order valence-corrected chi connectivity index (χ1v) is 25.9. The van der Waals surface area contributed by atoms with Crippen molar-refractivity contribution in [2.75, 3.05) is 6.61 Å². The van der Waals surface area contributed by atoms with E-state index in [1.54, 1.807) is 0 Å². The Morgan fingerprint density at radius 2 is 0.900 bits per heavy atom. The van der Waals surface area contributed by atoms with Crippen molar-refractivity contribution < 1.29 is 24.5 Å². The lowest BCUT2D eigenvalue weighted by Gasteiger charge is -2.24. The summed E-state index contributed by atoms with van der Waals surface area (Å²) in [5.74, 6) is -0.489. The Morgan fingerprint density at radius 3 is 1.38 bits per heavy atom. The molecule has 0 aromatic rings. The number of aliphatic hydroxyl groups excluding tert-OH is 2. The van der Waals surface area contributed by atoms with E-state index < -0.39 is 18.2 Å². The van der Waals surface area contributed by atoms with Gasteiger partial charge in [0.25, 0.3) is 0 Å². The number of ether oxygens (including phenoxy) is 1. The number of unbranched alkanes of at least 4 members (excludes halogenated alkanes) is 26. The van der Waals surface area contributed by atoms with Crippen LogP contribution in [-0.4, -0.2) is 46.9 Å². The molecule has 6 nitrogen and oxygen atoms in total. The lowest BCUT2D eigenvalue weighted by molar-refractivity contribution is -0.151. The van der Waals surface area contributed by atoms with Gasteiger partial charge in [0.15, 0.2) is 0 Å². The number of carbonyl (C=O) groups is 2. The average Bonchev–Trinajstić information content (AvgIpc) is 3.24. The highest BCUT2D eigenvalue weighted by molar-refractivity contribution is 5.77. The molecule has 0 aromatic carbocycles. The van der Waals surface area contributed by atoms with Crippen molar-refractivity contribution in [1.29, 1.82) is 0 Å². The molecule has 3 N–H and O–H groups in total. The predicted molar refractivity (Wildman–Crippen MR) is 259 cm³/mol. The van der Waals surface area contributed by atoms with Gasteiger partial charge in [-0.25, -0.2) is 0 Å². The Labute approximate surface area is 372 Å². The molecule has 0 aliphatic heterocycles. The molecule has 0 aliphatic carbocycles. The maximum atomic E-state index is 13.2. The molecule has 3 unspecified atom stereocenters. The van der Waals surface area contributed by atoms with Crippen molar-refractivity contribution in [3.8, 4) is 0 Å². The molecule has 60 heavy (non-hydrogen) atoms. The van der Waals surface area contributed by atoms with Gasteiger partial charge in [-0.3, -0.25) is 9.59 Å². The van der Waals surface area contributed by atoms with Crippen LogP contribution in [0.25, 0.3) is 0 Å². The second kappa shape index (κ2) is 47.9. The maximum Gasteiger partial charge on any atom is 0.306 e. The first-order valence-electron chi connectivity index (χ1n) is 25.9. The highest BCUT2D eigenvalue weighted by Gasteiger charge is 2.24. The van der Waals surface area contributed by atoms with Crippen LogP contribution in [0.5, 0.6) is 0 Å². The number of hydrogen-bond donors (Lipinski definition) is 3. The van der Waals surface area contributed by atoms with Crippen LogP contribution < -0.4 is 5.32 Å². The number of amides is 1. The molecular weight excluding hydrogens is 743 g/mol. The van der Waals surface area contributed by atoms with E-state index in [-0.39, 0.29) is 24.9 Å². The van der Waals surface area contributed by atoms with Gasteiger partial charge in [0.1, 0.15) is 6.10 Å². The summed E-state index contributed by atoms with van der Waals surface area (Å²) in [4.78, 5) is 26.1. The molecule has 0 rings (SSSR count). The third kappa shape index (κ3) is 42.5. The normalized spacial score (nSPS) is 13.6. The van der Waals surface area contributed by atoms with E-state index in [1.165, 1.54) is 128 Å². The van der Waals surface area contributed by atoms with E-state index >= 15 is 0 Å². The molecule has 0 aliphatic rings. The fraction of sp³-hybridized carbons (Fsp3) is 0.815. The first-order chi connectivity index (χ1) is 29.5. The molecule has 3 atom stereocenters. The lowest BCUT2D eigenvalue weighted by atomic mass is 10.0. The average molecular weight is 842 g/mol. The SMILES string of the molecule is CC/C=C/C/C=C/CCCCCCCC(CC(=O)NC(CO)C(O)CCCCCCCCCCCC)OC(=O)CCCCCCCCCCC/C=C\C/C=C\CCCCC. The highest BCUT2D eigenvalue weighted by atomic mass is 16.5. The van der Waals surface area contributed by atoms with Crippen LogP contribution in [-0.2, 0) is 14.3 Å². The Kier molecular flexibility index (Phi) is 46.1. The summed E-state index contributed by atoms with van der Waals surface area (Å²) < 4.78 is 5.93. The standard InChI is InChI=1S/C54H99NO5/c1-4-7-10-13-16-19-22-24-25-26-27-28-29-30-32-35-38-41-44-47-54(59)60-50(45-42-39-36-33-31-23-20-17-14-11-8-5-2)48-53(58)55-51(49-56)52(57)46-43-40-37-34-21-18-15-12-9-6-3/h8,11,16-17,19-20,24-25,50-52,56-57H,4-7,9-10,12-15,18,21-23,26-49H2,1-3H3,(H,55,58)/b11-8+,19-16-,20-17+,25-24-. The molecule has 6 heteroatoms. The minimum Gasteiger partial charge on any atom is -0.462 e.